The largest absolute Gasteiger partial charge is 0.445 e. The Balaban J connectivity index is 1.87. The van der Waals surface area contributed by atoms with E-state index in [1.807, 2.05) is 30.3 Å². The standard InChI is InChI=1S/C15H15FN2O2/c1-11(13-8-5-9-17-14(13)16)18-15(19)20-10-12-6-3-2-4-7-12/h2-9,11H,10H2,1H3,(H,18,19). The number of pyridine rings is 1. The number of alkyl carbamates (subject to hydrolysis) is 1. The van der Waals surface area contributed by atoms with E-state index in [4.69, 9.17) is 4.74 Å². The molecule has 0 bridgehead atoms. The fraction of sp³-hybridized carbons (Fsp3) is 0.200. The van der Waals surface area contributed by atoms with E-state index in [9.17, 15) is 9.18 Å². The van der Waals surface area contributed by atoms with E-state index in [1.54, 1.807) is 19.1 Å². The zero-order chi connectivity index (χ0) is 14.4. The Hall–Kier alpha value is -2.43. The van der Waals surface area contributed by atoms with E-state index in [0.717, 1.165) is 5.56 Å². The fourth-order valence-electron chi connectivity index (χ4n) is 1.74. The second kappa shape index (κ2) is 6.65. The lowest BCUT2D eigenvalue weighted by Gasteiger charge is -2.14. The highest BCUT2D eigenvalue weighted by atomic mass is 19.1. The van der Waals surface area contributed by atoms with Crippen molar-refractivity contribution in [2.75, 3.05) is 0 Å². The van der Waals surface area contributed by atoms with Crippen LogP contribution >= 0.6 is 0 Å². The number of halogens is 1. The molecule has 20 heavy (non-hydrogen) atoms. The lowest BCUT2D eigenvalue weighted by molar-refractivity contribution is 0.136. The van der Waals surface area contributed by atoms with Gasteiger partial charge in [0.15, 0.2) is 0 Å². The van der Waals surface area contributed by atoms with Crippen LogP contribution in [0.15, 0.2) is 48.7 Å². The Kier molecular flexibility index (Phi) is 4.65. The zero-order valence-electron chi connectivity index (χ0n) is 11.0. The molecule has 1 aromatic heterocycles. The van der Waals surface area contributed by atoms with Gasteiger partial charge in [0.1, 0.15) is 6.61 Å². The molecule has 0 saturated heterocycles. The minimum absolute atomic E-state index is 0.176. The third-order valence-electron chi connectivity index (χ3n) is 2.80. The molecule has 0 spiro atoms. The Morgan fingerprint density at radius 2 is 2.05 bits per heavy atom. The van der Waals surface area contributed by atoms with Crippen LogP contribution in [0.4, 0.5) is 9.18 Å². The van der Waals surface area contributed by atoms with Gasteiger partial charge in [0, 0.05) is 11.8 Å². The highest BCUT2D eigenvalue weighted by Gasteiger charge is 2.14. The first-order valence-electron chi connectivity index (χ1n) is 6.24. The monoisotopic (exact) mass is 274 g/mol. The first-order valence-corrected chi connectivity index (χ1v) is 6.24. The highest BCUT2D eigenvalue weighted by Crippen LogP contribution is 2.14. The number of hydrogen-bond donors (Lipinski definition) is 1. The number of amides is 1. The van der Waals surface area contributed by atoms with E-state index in [0.29, 0.717) is 5.56 Å². The van der Waals surface area contributed by atoms with Gasteiger partial charge >= 0.3 is 6.09 Å². The van der Waals surface area contributed by atoms with Crippen LogP contribution in [0.5, 0.6) is 0 Å². The third-order valence-corrected chi connectivity index (χ3v) is 2.80. The number of aromatic nitrogens is 1. The van der Waals surface area contributed by atoms with Gasteiger partial charge < -0.3 is 10.1 Å². The maximum absolute atomic E-state index is 13.4. The molecule has 0 saturated carbocycles. The first kappa shape index (κ1) is 14.0. The Bertz CT molecular complexity index is 575. The Labute approximate surface area is 116 Å². The molecule has 0 fully saturated rings. The molecule has 5 heteroatoms. The van der Waals surface area contributed by atoms with E-state index in [2.05, 4.69) is 10.3 Å². The van der Waals surface area contributed by atoms with E-state index in [-0.39, 0.29) is 6.61 Å². The van der Waals surface area contributed by atoms with Crippen molar-refractivity contribution in [1.82, 2.24) is 10.3 Å². The van der Waals surface area contributed by atoms with Crippen LogP contribution in [-0.2, 0) is 11.3 Å². The SMILES string of the molecule is CC(NC(=O)OCc1ccccc1)c1cccnc1F. The van der Waals surface area contributed by atoms with E-state index in [1.165, 1.54) is 6.20 Å². The maximum atomic E-state index is 13.4. The summed E-state index contributed by atoms with van der Waals surface area (Å²) in [4.78, 5) is 15.2. The molecule has 1 aromatic carbocycles. The topological polar surface area (TPSA) is 51.2 Å². The van der Waals surface area contributed by atoms with Crippen molar-refractivity contribution >= 4 is 6.09 Å². The summed E-state index contributed by atoms with van der Waals surface area (Å²) in [6.07, 6.45) is 0.767. The Morgan fingerprint density at radius 3 is 2.75 bits per heavy atom. The summed E-state index contributed by atoms with van der Waals surface area (Å²) in [7, 11) is 0. The van der Waals surface area contributed by atoms with Gasteiger partial charge in [-0.15, -0.1) is 0 Å². The average molecular weight is 274 g/mol. The van der Waals surface area contributed by atoms with Crippen LogP contribution in [-0.4, -0.2) is 11.1 Å². The molecule has 1 unspecified atom stereocenters. The normalized spacial score (nSPS) is 11.7. The quantitative estimate of drug-likeness (QED) is 0.871. The van der Waals surface area contributed by atoms with Gasteiger partial charge in [0.25, 0.3) is 0 Å². The van der Waals surface area contributed by atoms with Crippen LogP contribution in [0.2, 0.25) is 0 Å². The maximum Gasteiger partial charge on any atom is 0.407 e. The molecular formula is C15H15FN2O2. The molecule has 0 aliphatic heterocycles. The molecule has 0 aliphatic rings. The number of nitrogens with zero attached hydrogens (tertiary/aromatic N) is 1. The van der Waals surface area contributed by atoms with Gasteiger partial charge in [-0.05, 0) is 18.6 Å². The molecule has 4 nitrogen and oxygen atoms in total. The zero-order valence-corrected chi connectivity index (χ0v) is 11.0. The predicted molar refractivity (Wildman–Crippen MR) is 72.4 cm³/mol. The van der Waals surface area contributed by atoms with Crippen LogP contribution in [0.1, 0.15) is 24.1 Å². The molecule has 1 heterocycles. The van der Waals surface area contributed by atoms with Gasteiger partial charge in [0.2, 0.25) is 5.95 Å². The number of ether oxygens (including phenoxy) is 1. The summed E-state index contributed by atoms with van der Waals surface area (Å²) in [6, 6.07) is 12.0. The molecule has 2 aromatic rings. The molecule has 1 atom stereocenters. The lowest BCUT2D eigenvalue weighted by atomic mass is 10.1. The molecule has 0 aliphatic carbocycles. The smallest absolute Gasteiger partial charge is 0.407 e. The molecule has 1 amide bonds. The van der Waals surface area contributed by atoms with Crippen molar-refractivity contribution in [3.8, 4) is 0 Å². The van der Waals surface area contributed by atoms with Gasteiger partial charge in [-0.25, -0.2) is 9.78 Å². The predicted octanol–water partition coefficient (Wildman–Crippen LogP) is 3.21. The summed E-state index contributed by atoms with van der Waals surface area (Å²) < 4.78 is 18.5. The summed E-state index contributed by atoms with van der Waals surface area (Å²) in [5.74, 6) is -0.594. The van der Waals surface area contributed by atoms with Crippen molar-refractivity contribution < 1.29 is 13.9 Å². The minimum atomic E-state index is -0.594. The molecule has 104 valence electrons. The number of nitrogens with one attached hydrogen (secondary N) is 1. The molecule has 1 N–H and O–H groups in total. The van der Waals surface area contributed by atoms with Crippen LogP contribution < -0.4 is 5.32 Å². The summed E-state index contributed by atoms with van der Waals surface area (Å²) in [5.41, 5.74) is 1.21. The number of rotatable bonds is 4. The highest BCUT2D eigenvalue weighted by molar-refractivity contribution is 5.67. The number of benzene rings is 1. The van der Waals surface area contributed by atoms with Crippen LogP contribution in [0.3, 0.4) is 0 Å². The van der Waals surface area contributed by atoms with Crippen LogP contribution in [0.25, 0.3) is 0 Å². The number of carbonyl (C=O) groups is 1. The van der Waals surface area contributed by atoms with Crippen LogP contribution in [0, 0.1) is 5.95 Å². The number of hydrogen-bond acceptors (Lipinski definition) is 3. The molecule has 2 rings (SSSR count). The second-order valence-corrected chi connectivity index (χ2v) is 4.31. The number of carbonyl (C=O) groups excluding carboxylic acids is 1. The fourth-order valence-corrected chi connectivity index (χ4v) is 1.74. The van der Waals surface area contributed by atoms with Crippen molar-refractivity contribution in [2.24, 2.45) is 0 Å². The van der Waals surface area contributed by atoms with E-state index >= 15 is 0 Å². The Morgan fingerprint density at radius 1 is 1.30 bits per heavy atom. The third kappa shape index (κ3) is 3.78. The van der Waals surface area contributed by atoms with Crippen molar-refractivity contribution in [3.63, 3.8) is 0 Å². The van der Waals surface area contributed by atoms with Gasteiger partial charge in [0.05, 0.1) is 6.04 Å². The second-order valence-electron chi connectivity index (χ2n) is 4.31. The van der Waals surface area contributed by atoms with Crippen molar-refractivity contribution in [2.45, 2.75) is 19.6 Å². The van der Waals surface area contributed by atoms with Crippen molar-refractivity contribution in [3.05, 3.63) is 65.7 Å². The van der Waals surface area contributed by atoms with Gasteiger partial charge in [-0.1, -0.05) is 36.4 Å². The molecular weight excluding hydrogens is 259 g/mol. The molecule has 0 radical (unpaired) electrons. The van der Waals surface area contributed by atoms with Gasteiger partial charge in [-0.2, -0.15) is 4.39 Å². The van der Waals surface area contributed by atoms with Gasteiger partial charge in [-0.3, -0.25) is 0 Å². The van der Waals surface area contributed by atoms with E-state index < -0.39 is 18.1 Å². The average Bonchev–Trinajstić information content (AvgIpc) is 2.46. The summed E-state index contributed by atoms with van der Waals surface area (Å²) in [6.45, 7) is 1.85. The summed E-state index contributed by atoms with van der Waals surface area (Å²) in [5, 5.41) is 2.57. The minimum Gasteiger partial charge on any atom is -0.445 e. The van der Waals surface area contributed by atoms with Crippen molar-refractivity contribution in [1.29, 1.82) is 0 Å². The summed E-state index contributed by atoms with van der Waals surface area (Å²) >= 11 is 0. The first-order chi connectivity index (χ1) is 9.66. The lowest BCUT2D eigenvalue weighted by Crippen LogP contribution is -2.28.